The van der Waals surface area contributed by atoms with Gasteiger partial charge in [0.25, 0.3) is 0 Å². The minimum atomic E-state index is 0.226. The molecular weight excluding hydrogens is 304 g/mol. The number of ether oxygens (including phenoxy) is 1. The van der Waals surface area contributed by atoms with E-state index in [4.69, 9.17) is 10.5 Å². The van der Waals surface area contributed by atoms with Crippen molar-refractivity contribution in [3.05, 3.63) is 60.8 Å². The second-order valence-corrected chi connectivity index (χ2v) is 5.19. The van der Waals surface area contributed by atoms with Gasteiger partial charge in [-0.3, -0.25) is 4.98 Å². The van der Waals surface area contributed by atoms with E-state index in [0.717, 1.165) is 27.9 Å². The first-order chi connectivity index (χ1) is 11.8. The Morgan fingerprint density at radius 1 is 1.08 bits per heavy atom. The number of rotatable bonds is 4. The molecule has 0 aromatic carbocycles. The topological polar surface area (TPSA) is 103 Å². The Morgan fingerprint density at radius 3 is 2.83 bits per heavy atom. The number of H-pyrrole nitrogens is 1. The summed E-state index contributed by atoms with van der Waals surface area (Å²) in [6, 6.07) is 7.48. The Labute approximate surface area is 137 Å². The highest BCUT2D eigenvalue weighted by Gasteiger charge is 2.14. The molecule has 7 nitrogen and oxygen atoms in total. The zero-order chi connectivity index (χ0) is 16.4. The monoisotopic (exact) mass is 318 g/mol. The predicted molar refractivity (Wildman–Crippen MR) is 90.1 cm³/mol. The number of aromatic nitrogens is 5. The summed E-state index contributed by atoms with van der Waals surface area (Å²) in [4.78, 5) is 19.8. The molecule has 0 saturated carbocycles. The van der Waals surface area contributed by atoms with E-state index in [1.165, 1.54) is 0 Å². The van der Waals surface area contributed by atoms with E-state index in [2.05, 4.69) is 24.9 Å². The number of fused-ring (bicyclic) bond motifs is 1. The fourth-order valence-electron chi connectivity index (χ4n) is 2.52. The summed E-state index contributed by atoms with van der Waals surface area (Å²) in [6.45, 7) is 0.420. The highest BCUT2D eigenvalue weighted by molar-refractivity contribution is 5.97. The van der Waals surface area contributed by atoms with Gasteiger partial charge in [-0.25, -0.2) is 15.0 Å². The Balaban J connectivity index is 1.74. The van der Waals surface area contributed by atoms with Crippen LogP contribution in [0.15, 0.2) is 55.2 Å². The largest absolute Gasteiger partial charge is 0.488 e. The summed E-state index contributed by atoms with van der Waals surface area (Å²) in [5, 5.41) is 0.861. The third kappa shape index (κ3) is 2.63. The van der Waals surface area contributed by atoms with Crippen LogP contribution < -0.4 is 10.5 Å². The molecule has 0 bridgehead atoms. The van der Waals surface area contributed by atoms with Crippen molar-refractivity contribution in [1.29, 1.82) is 0 Å². The van der Waals surface area contributed by atoms with Crippen molar-refractivity contribution in [2.24, 2.45) is 0 Å². The lowest BCUT2D eigenvalue weighted by atomic mass is 10.1. The molecule has 0 aliphatic carbocycles. The number of aromatic amines is 1. The lowest BCUT2D eigenvalue weighted by Crippen LogP contribution is -1.98. The SMILES string of the molecule is Nc1nccc(-c2c[nH]c3nccc(OCc4cccnc4)c23)n1. The van der Waals surface area contributed by atoms with Crippen molar-refractivity contribution in [3.8, 4) is 17.0 Å². The highest BCUT2D eigenvalue weighted by Crippen LogP contribution is 2.33. The van der Waals surface area contributed by atoms with Gasteiger partial charge < -0.3 is 15.5 Å². The fourth-order valence-corrected chi connectivity index (χ4v) is 2.52. The van der Waals surface area contributed by atoms with Gasteiger partial charge in [0.1, 0.15) is 18.0 Å². The van der Waals surface area contributed by atoms with Crippen molar-refractivity contribution >= 4 is 17.0 Å². The van der Waals surface area contributed by atoms with Gasteiger partial charge in [0.05, 0.1) is 11.1 Å². The van der Waals surface area contributed by atoms with Crippen molar-refractivity contribution in [1.82, 2.24) is 24.9 Å². The number of nitrogens with zero attached hydrogens (tertiary/aromatic N) is 4. The minimum Gasteiger partial charge on any atom is -0.488 e. The molecule has 4 aromatic heterocycles. The number of pyridine rings is 2. The van der Waals surface area contributed by atoms with Gasteiger partial charge in [-0.05, 0) is 18.2 Å². The van der Waals surface area contributed by atoms with E-state index in [0.29, 0.717) is 12.3 Å². The molecule has 0 aliphatic heterocycles. The number of hydrogen-bond donors (Lipinski definition) is 2. The normalized spacial score (nSPS) is 10.8. The van der Waals surface area contributed by atoms with Crippen LogP contribution in [-0.2, 0) is 6.61 Å². The van der Waals surface area contributed by atoms with Gasteiger partial charge in [-0.1, -0.05) is 6.07 Å². The van der Waals surface area contributed by atoms with Crippen LogP contribution in [0, 0.1) is 0 Å². The van der Waals surface area contributed by atoms with Crippen LogP contribution in [0.25, 0.3) is 22.3 Å². The molecule has 4 rings (SSSR count). The quantitative estimate of drug-likeness (QED) is 0.599. The summed E-state index contributed by atoms with van der Waals surface area (Å²) in [5.74, 6) is 0.945. The van der Waals surface area contributed by atoms with E-state index in [1.54, 1.807) is 30.9 Å². The molecule has 0 unspecified atom stereocenters. The Morgan fingerprint density at radius 2 is 2.00 bits per heavy atom. The molecule has 0 radical (unpaired) electrons. The predicted octanol–water partition coefficient (Wildman–Crippen LogP) is 2.58. The standard InChI is InChI=1S/C17H14N6O/c18-17-21-6-3-13(23-17)12-9-22-16-15(12)14(4-7-20-16)24-10-11-2-1-5-19-8-11/h1-9H,10H2,(H,20,22)(H2,18,21,23). The molecule has 0 saturated heterocycles. The maximum absolute atomic E-state index is 5.98. The molecule has 4 heterocycles. The van der Waals surface area contributed by atoms with Crippen LogP contribution in [0.4, 0.5) is 5.95 Å². The molecule has 0 amide bonds. The van der Waals surface area contributed by atoms with Gasteiger partial charge in [-0.2, -0.15) is 0 Å². The van der Waals surface area contributed by atoms with Gasteiger partial charge in [0.2, 0.25) is 5.95 Å². The smallest absolute Gasteiger partial charge is 0.220 e. The Kier molecular flexibility index (Phi) is 3.51. The summed E-state index contributed by atoms with van der Waals surface area (Å²) < 4.78 is 5.98. The summed E-state index contributed by atoms with van der Waals surface area (Å²) in [7, 11) is 0. The number of nitrogen functional groups attached to an aromatic ring is 1. The van der Waals surface area contributed by atoms with Crippen molar-refractivity contribution in [3.63, 3.8) is 0 Å². The van der Waals surface area contributed by atoms with E-state index in [9.17, 15) is 0 Å². The summed E-state index contributed by atoms with van der Waals surface area (Å²) >= 11 is 0. The Bertz CT molecular complexity index is 983. The van der Waals surface area contributed by atoms with Crippen LogP contribution >= 0.6 is 0 Å². The second kappa shape index (κ2) is 5.96. The van der Waals surface area contributed by atoms with Crippen molar-refractivity contribution in [2.45, 2.75) is 6.61 Å². The molecule has 0 aliphatic rings. The zero-order valence-corrected chi connectivity index (χ0v) is 12.7. The average molecular weight is 318 g/mol. The van der Waals surface area contributed by atoms with Crippen LogP contribution in [0.3, 0.4) is 0 Å². The number of hydrogen-bond acceptors (Lipinski definition) is 6. The third-order valence-electron chi connectivity index (χ3n) is 3.60. The molecule has 3 N–H and O–H groups in total. The Hall–Kier alpha value is -3.48. The van der Waals surface area contributed by atoms with Crippen molar-refractivity contribution in [2.75, 3.05) is 5.73 Å². The van der Waals surface area contributed by atoms with E-state index in [1.807, 2.05) is 24.4 Å². The first kappa shape index (κ1) is 14.1. The van der Waals surface area contributed by atoms with Crippen LogP contribution in [-0.4, -0.2) is 24.9 Å². The molecule has 0 fully saturated rings. The molecule has 118 valence electrons. The van der Waals surface area contributed by atoms with E-state index in [-0.39, 0.29) is 5.95 Å². The molecule has 0 atom stereocenters. The molecule has 0 spiro atoms. The average Bonchev–Trinajstić information content (AvgIpc) is 3.05. The molecule has 7 heteroatoms. The second-order valence-electron chi connectivity index (χ2n) is 5.19. The minimum absolute atomic E-state index is 0.226. The van der Waals surface area contributed by atoms with Crippen LogP contribution in [0.5, 0.6) is 5.75 Å². The van der Waals surface area contributed by atoms with Crippen LogP contribution in [0.1, 0.15) is 5.56 Å². The molecule has 24 heavy (non-hydrogen) atoms. The number of nitrogens with two attached hydrogens (primary N) is 1. The lowest BCUT2D eigenvalue weighted by molar-refractivity contribution is 0.309. The first-order valence-corrected chi connectivity index (χ1v) is 7.38. The third-order valence-corrected chi connectivity index (χ3v) is 3.60. The molecular formula is C17H14N6O. The zero-order valence-electron chi connectivity index (χ0n) is 12.7. The number of anilines is 1. The lowest BCUT2D eigenvalue weighted by Gasteiger charge is -2.08. The van der Waals surface area contributed by atoms with Gasteiger partial charge >= 0.3 is 0 Å². The fraction of sp³-hybridized carbons (Fsp3) is 0.0588. The number of nitrogens with one attached hydrogen (secondary N) is 1. The maximum Gasteiger partial charge on any atom is 0.220 e. The first-order valence-electron chi connectivity index (χ1n) is 7.38. The van der Waals surface area contributed by atoms with Crippen LogP contribution in [0.2, 0.25) is 0 Å². The van der Waals surface area contributed by atoms with Gasteiger partial charge in [0, 0.05) is 42.1 Å². The maximum atomic E-state index is 5.98. The molecule has 4 aromatic rings. The van der Waals surface area contributed by atoms with E-state index < -0.39 is 0 Å². The summed E-state index contributed by atoms with van der Waals surface area (Å²) in [6.07, 6.45) is 8.69. The van der Waals surface area contributed by atoms with Gasteiger partial charge in [-0.15, -0.1) is 0 Å². The van der Waals surface area contributed by atoms with E-state index >= 15 is 0 Å². The summed E-state index contributed by atoms with van der Waals surface area (Å²) in [5.41, 5.74) is 9.00. The van der Waals surface area contributed by atoms with Gasteiger partial charge in [0.15, 0.2) is 0 Å². The highest BCUT2D eigenvalue weighted by atomic mass is 16.5. The van der Waals surface area contributed by atoms with Crippen molar-refractivity contribution < 1.29 is 4.74 Å².